The molecule has 0 aromatic rings. The quantitative estimate of drug-likeness (QED) is 0.642. The van der Waals surface area contributed by atoms with Gasteiger partial charge in [-0.25, -0.2) is 0 Å². The van der Waals surface area contributed by atoms with Crippen molar-refractivity contribution in [2.24, 2.45) is 116 Å². The van der Waals surface area contributed by atoms with E-state index in [1.54, 1.807) is 25.7 Å². The lowest BCUT2D eigenvalue weighted by Gasteiger charge is -3.19. The van der Waals surface area contributed by atoms with Crippen LogP contribution in [0.5, 0.6) is 0 Å². The number of rotatable bonds is 0. The maximum atomic E-state index is 1.78. The van der Waals surface area contributed by atoms with Crippen LogP contribution in [0.1, 0.15) is 25.7 Å². The normalized spacial score (nSPS) is 108. The zero-order valence-electron chi connectivity index (χ0n) is 14.1. The Morgan fingerprint density at radius 1 is 0.375 bits per heavy atom. The summed E-state index contributed by atoms with van der Waals surface area (Å²) in [6.45, 7) is 0. The zero-order chi connectivity index (χ0) is 14.1. The third kappa shape index (κ3) is 0.370. The van der Waals surface area contributed by atoms with Crippen LogP contribution in [0.25, 0.3) is 0 Å². The second kappa shape index (κ2) is 1.93. The molecular formula is C24H24. The Hall–Kier alpha value is 0. The van der Waals surface area contributed by atoms with E-state index in [0.717, 1.165) is 21.7 Å². The van der Waals surface area contributed by atoms with E-state index in [1.165, 1.54) is 94.7 Å². The van der Waals surface area contributed by atoms with E-state index in [9.17, 15) is 0 Å². The molecule has 0 aliphatic heterocycles. The number of hydrogen-bond donors (Lipinski definition) is 0. The van der Waals surface area contributed by atoms with Crippen LogP contribution < -0.4 is 0 Å². The van der Waals surface area contributed by atoms with Gasteiger partial charge in [0.15, 0.2) is 0 Å². The van der Waals surface area contributed by atoms with Crippen molar-refractivity contribution >= 4 is 0 Å². The largest absolute Gasteiger partial charge is 0.0464 e. The first-order valence-corrected chi connectivity index (χ1v) is 11.9. The van der Waals surface area contributed by atoms with Gasteiger partial charge in [0.05, 0.1) is 0 Å². The van der Waals surface area contributed by atoms with Gasteiger partial charge in [0.1, 0.15) is 0 Å². The van der Waals surface area contributed by atoms with Crippen molar-refractivity contribution in [3.63, 3.8) is 0 Å². The van der Waals surface area contributed by atoms with Crippen LogP contribution in [0.3, 0.4) is 0 Å². The Morgan fingerprint density at radius 2 is 0.833 bits per heavy atom. The summed E-state index contributed by atoms with van der Waals surface area (Å²) >= 11 is 0. The van der Waals surface area contributed by atoms with Crippen molar-refractivity contribution in [3.8, 4) is 0 Å². The van der Waals surface area contributed by atoms with Gasteiger partial charge >= 0.3 is 0 Å². The highest BCUT2D eigenvalue weighted by Crippen LogP contribution is 3.19. The van der Waals surface area contributed by atoms with E-state index in [4.69, 9.17) is 0 Å². The van der Waals surface area contributed by atoms with Crippen LogP contribution in [-0.4, -0.2) is 0 Å². The minimum absolute atomic E-state index is 1.02. The Kier molecular flexibility index (Phi) is 0.787. The third-order valence-corrected chi connectivity index (χ3v) is 16.6. The van der Waals surface area contributed by atoms with Crippen molar-refractivity contribution in [2.75, 3.05) is 0 Å². The predicted octanol–water partition coefficient (Wildman–Crippen LogP) is 3.53. The molecule has 20 unspecified atom stereocenters. The van der Waals surface area contributed by atoms with Crippen molar-refractivity contribution in [2.45, 2.75) is 25.7 Å². The molecule has 33 saturated carbocycles. The molecule has 0 saturated heterocycles. The van der Waals surface area contributed by atoms with Crippen molar-refractivity contribution in [3.05, 3.63) is 0 Å². The first-order chi connectivity index (χ1) is 11.9. The summed E-state index contributed by atoms with van der Waals surface area (Å²) in [4.78, 5) is 0. The van der Waals surface area contributed by atoms with E-state index >= 15 is 0 Å². The van der Waals surface area contributed by atoms with E-state index < -0.39 is 0 Å². The van der Waals surface area contributed by atoms with E-state index in [0.29, 0.717) is 0 Å². The molecule has 0 amide bonds. The molecule has 0 heteroatoms. The highest BCUT2D eigenvalue weighted by atomic mass is 15.2. The summed E-state index contributed by atoms with van der Waals surface area (Å²) in [6, 6.07) is 0. The summed E-state index contributed by atoms with van der Waals surface area (Å²) < 4.78 is 0. The van der Waals surface area contributed by atoms with Gasteiger partial charge in [-0.05, 0) is 142 Å². The fourth-order valence-corrected chi connectivity index (χ4v) is 19.8. The van der Waals surface area contributed by atoms with Crippen LogP contribution in [0.15, 0.2) is 0 Å². The molecule has 33 aliphatic carbocycles. The van der Waals surface area contributed by atoms with Gasteiger partial charge in [-0.3, -0.25) is 0 Å². The maximum absolute atomic E-state index is 1.78. The molecular weight excluding hydrogens is 288 g/mol. The van der Waals surface area contributed by atoms with E-state index in [1.807, 2.05) is 0 Å². The molecule has 0 aromatic heterocycles. The van der Waals surface area contributed by atoms with Crippen LogP contribution in [0.2, 0.25) is 0 Å². The first kappa shape index (κ1) is 9.80. The average molecular weight is 312 g/mol. The smallest absolute Gasteiger partial charge is 0.0128 e. The summed E-state index contributed by atoms with van der Waals surface area (Å²) in [5, 5.41) is 0. The summed E-state index contributed by atoms with van der Waals surface area (Å²) in [7, 11) is 0. The van der Waals surface area contributed by atoms with Gasteiger partial charge in [-0.1, -0.05) is 0 Å². The zero-order valence-corrected chi connectivity index (χ0v) is 14.1. The summed E-state index contributed by atoms with van der Waals surface area (Å²) in [5.74, 6) is 21.1. The fourth-order valence-electron chi connectivity index (χ4n) is 19.8. The molecule has 24 heavy (non-hydrogen) atoms. The molecule has 33 fully saturated rings. The molecule has 0 N–H and O–H groups in total. The number of hydrogen-bond acceptors (Lipinski definition) is 0. The maximum Gasteiger partial charge on any atom is -0.0128 e. The molecule has 33 aliphatic rings. The summed E-state index contributed by atoms with van der Waals surface area (Å²) in [5.41, 5.74) is 4.12. The van der Waals surface area contributed by atoms with Crippen LogP contribution in [0.4, 0.5) is 0 Å². The minimum Gasteiger partial charge on any atom is -0.0464 e. The van der Waals surface area contributed by atoms with Gasteiger partial charge < -0.3 is 0 Å². The van der Waals surface area contributed by atoms with Gasteiger partial charge in [0.25, 0.3) is 0 Å². The van der Waals surface area contributed by atoms with E-state index in [2.05, 4.69) is 0 Å². The second-order valence-corrected chi connectivity index (χ2v) is 14.0. The minimum atomic E-state index is 1.02. The molecule has 0 radical (unpaired) electrons. The molecule has 33 rings (SSSR count). The summed E-state index contributed by atoms with van der Waals surface area (Å²) in [6.07, 6.45) is 7.10. The van der Waals surface area contributed by atoms with Gasteiger partial charge in [-0.2, -0.15) is 0 Å². The first-order valence-electron chi connectivity index (χ1n) is 11.9. The van der Waals surface area contributed by atoms with Gasteiger partial charge in [-0.15, -0.1) is 0 Å². The van der Waals surface area contributed by atoms with Gasteiger partial charge in [0.2, 0.25) is 0 Å². The van der Waals surface area contributed by atoms with Crippen molar-refractivity contribution in [1.82, 2.24) is 0 Å². The Bertz CT molecular complexity index is 850. The van der Waals surface area contributed by atoms with Crippen LogP contribution in [0, 0.1) is 116 Å². The van der Waals surface area contributed by atoms with Crippen molar-refractivity contribution < 1.29 is 0 Å². The Labute approximate surface area is 142 Å². The monoisotopic (exact) mass is 312 g/mol. The molecule has 4 spiro atoms. The van der Waals surface area contributed by atoms with Crippen LogP contribution >= 0.6 is 0 Å². The van der Waals surface area contributed by atoms with E-state index in [-0.39, 0.29) is 0 Å². The lowest BCUT2D eigenvalue weighted by Crippen LogP contribution is -3.16. The Morgan fingerprint density at radius 3 is 1.33 bits per heavy atom. The molecule has 0 heterocycles. The highest BCUT2D eigenvalue weighted by Gasteiger charge is 3.16. The fraction of sp³-hybridized carbons (Fsp3) is 1.00. The topological polar surface area (TPSA) is 0 Å². The SMILES string of the molecule is C1C2C3C4C5CC6C7C8CC9C%10CC%11C2C2%12C%10C8C%11(C9C742)C63C%12C15. The Balaban J connectivity index is 1.44. The third-order valence-electron chi connectivity index (χ3n) is 16.6. The molecule has 120 valence electrons. The lowest BCUT2D eigenvalue weighted by atomic mass is 8.85. The molecule has 20 bridgehead atoms. The van der Waals surface area contributed by atoms with Crippen LogP contribution in [-0.2, 0) is 0 Å². The standard InChI is InChI=1S/C24H24/c1-7-5-3-12-14-10-2-8-6-4-11-13-9(1)17-15(5)24(14)20(8)22(11)18(10)16(6)23(13,24)19(7)21(12,17)22/h5-20H,1-4H2. The highest BCUT2D eigenvalue weighted by molar-refractivity contribution is 5.62. The van der Waals surface area contributed by atoms with Gasteiger partial charge in [0, 0.05) is 0 Å². The predicted molar refractivity (Wildman–Crippen MR) is 84.0 cm³/mol. The molecule has 0 aromatic carbocycles. The van der Waals surface area contributed by atoms with Crippen molar-refractivity contribution in [1.29, 1.82) is 0 Å². The molecule has 0 nitrogen and oxygen atoms in total. The average Bonchev–Trinajstić information content (AvgIpc) is 2.64. The molecule has 20 atom stereocenters. The second-order valence-electron chi connectivity index (χ2n) is 14.0. The lowest BCUT2D eigenvalue weighted by molar-refractivity contribution is -0.729.